The maximum Gasteiger partial charge on any atom is 0.430 e. The summed E-state index contributed by atoms with van der Waals surface area (Å²) in [7, 11) is 1.63. The number of benzene rings is 1. The van der Waals surface area contributed by atoms with Crippen LogP contribution in [-0.2, 0) is 9.53 Å². The molecule has 1 saturated heterocycles. The lowest BCUT2D eigenvalue weighted by atomic mass is 9.91. The first-order chi connectivity index (χ1) is 16.6. The third-order valence-corrected chi connectivity index (χ3v) is 5.55. The molecule has 1 amide bonds. The Kier molecular flexibility index (Phi) is 7.97. The maximum absolute atomic E-state index is 13.1. The van der Waals surface area contributed by atoms with Gasteiger partial charge in [0.25, 0.3) is 0 Å². The summed E-state index contributed by atoms with van der Waals surface area (Å²) in [5.41, 5.74) is 1.87. The van der Waals surface area contributed by atoms with Gasteiger partial charge in [-0.05, 0) is 37.1 Å². The first-order valence-electron chi connectivity index (χ1n) is 10.6. The van der Waals surface area contributed by atoms with Gasteiger partial charge in [-0.15, -0.1) is 0 Å². The van der Waals surface area contributed by atoms with E-state index in [9.17, 15) is 23.1 Å². The summed E-state index contributed by atoms with van der Waals surface area (Å²) in [6.07, 6.45) is -2.19. The lowest BCUT2D eigenvalue weighted by Gasteiger charge is -2.35. The molecule has 12 heteroatoms. The third kappa shape index (κ3) is 5.89. The predicted octanol–water partition coefficient (Wildman–Crippen LogP) is 0.999. The Morgan fingerprint density at radius 1 is 1.20 bits per heavy atom. The van der Waals surface area contributed by atoms with Gasteiger partial charge in [-0.3, -0.25) is 4.79 Å². The van der Waals surface area contributed by atoms with Crippen LogP contribution in [0.4, 0.5) is 13.2 Å². The number of halogens is 3. The normalized spacial score (nSPS) is 15.1. The van der Waals surface area contributed by atoms with Crippen molar-refractivity contribution in [3.05, 3.63) is 54.5 Å². The zero-order valence-electron chi connectivity index (χ0n) is 18.7. The van der Waals surface area contributed by atoms with E-state index in [1.807, 2.05) is 53.1 Å². The minimum Gasteiger partial charge on any atom is -0.542 e. The summed E-state index contributed by atoms with van der Waals surface area (Å²) in [6, 6.07) is 13.4. The van der Waals surface area contributed by atoms with Crippen LogP contribution in [0.2, 0.25) is 0 Å². The highest BCUT2D eigenvalue weighted by atomic mass is 19.4. The smallest absolute Gasteiger partial charge is 0.430 e. The molecule has 4 rings (SSSR count). The molecule has 0 atom stereocenters. The zero-order valence-corrected chi connectivity index (χ0v) is 18.7. The monoisotopic (exact) mass is 495 g/mol. The lowest BCUT2D eigenvalue weighted by Crippen LogP contribution is -2.55. The van der Waals surface area contributed by atoms with Gasteiger partial charge in [-0.25, -0.2) is 4.98 Å². The second-order valence-electron chi connectivity index (χ2n) is 7.79. The number of para-hydroxylation sites is 1. The van der Waals surface area contributed by atoms with Gasteiger partial charge in [-0.2, -0.15) is 17.6 Å². The van der Waals surface area contributed by atoms with Gasteiger partial charge in [0, 0.05) is 13.2 Å². The maximum atomic E-state index is 13.1. The molecule has 0 bridgehead atoms. The molecular formula is C23H24F3N3O6. The van der Waals surface area contributed by atoms with Crippen molar-refractivity contribution in [2.45, 2.75) is 24.6 Å². The van der Waals surface area contributed by atoms with Crippen molar-refractivity contribution in [1.82, 2.24) is 10.3 Å². The van der Waals surface area contributed by atoms with Gasteiger partial charge in [0.05, 0.1) is 31.0 Å². The van der Waals surface area contributed by atoms with E-state index in [4.69, 9.17) is 19.4 Å². The topological polar surface area (TPSA) is 128 Å². The number of carboxylic acids is 1. The summed E-state index contributed by atoms with van der Waals surface area (Å²) in [5.74, 6) is -2.15. The van der Waals surface area contributed by atoms with Crippen LogP contribution in [0, 0.1) is 0 Å². The quantitative estimate of drug-likeness (QED) is 0.453. The number of aliphatic carboxylic acids is 1. The summed E-state index contributed by atoms with van der Waals surface area (Å²) < 4.78 is 44.2. The average molecular weight is 495 g/mol. The number of carboxylic acid groups (broad SMARTS) is 1. The summed E-state index contributed by atoms with van der Waals surface area (Å²) in [4.78, 5) is 25.2. The third-order valence-electron chi connectivity index (χ3n) is 5.55. The predicted molar refractivity (Wildman–Crippen MR) is 114 cm³/mol. The number of aromatic amines is 1. The number of H-pyrrole nitrogens is 1. The van der Waals surface area contributed by atoms with Crippen molar-refractivity contribution < 1.29 is 46.8 Å². The molecule has 0 saturated carbocycles. The van der Waals surface area contributed by atoms with Gasteiger partial charge in [0.2, 0.25) is 0 Å². The molecule has 0 spiro atoms. The molecule has 1 fully saturated rings. The van der Waals surface area contributed by atoms with E-state index in [1.54, 1.807) is 7.11 Å². The van der Waals surface area contributed by atoms with Crippen LogP contribution in [0.3, 0.4) is 0 Å². The lowest BCUT2D eigenvalue weighted by molar-refractivity contribution is -0.514. The molecule has 3 heterocycles. The first kappa shape index (κ1) is 26.0. The van der Waals surface area contributed by atoms with E-state index >= 15 is 0 Å². The number of fused-ring (bicyclic) bond motifs is 1. The van der Waals surface area contributed by atoms with Crippen molar-refractivity contribution in [2.24, 2.45) is 0 Å². The van der Waals surface area contributed by atoms with Crippen molar-refractivity contribution >= 4 is 17.4 Å². The van der Waals surface area contributed by atoms with Crippen LogP contribution in [0.5, 0.6) is 5.75 Å². The fourth-order valence-electron chi connectivity index (χ4n) is 3.69. The van der Waals surface area contributed by atoms with Crippen LogP contribution in [-0.4, -0.2) is 60.6 Å². The zero-order chi connectivity index (χ0) is 25.6. The Labute approximate surface area is 198 Å². The standard InChI is InChI=1S/C21H23N3O4.C2HF3O2/c1-27-17-8-3-2-6-15(17)18-16-7-4-5-11-24(16)19(22-18)20(26)23-21(14-25)9-12-28-13-10-21;3-2(4,5)1(6)7/h2-8,11,25H,9-10,12-14H2,1H3,(H,23,26);(H,6,7). The number of nitrogens with zero attached hydrogens (tertiary/aromatic N) is 1. The van der Waals surface area contributed by atoms with Crippen molar-refractivity contribution in [2.75, 3.05) is 26.9 Å². The fourth-order valence-corrected chi connectivity index (χ4v) is 3.69. The Morgan fingerprint density at radius 2 is 1.83 bits per heavy atom. The largest absolute Gasteiger partial charge is 0.542 e. The van der Waals surface area contributed by atoms with Gasteiger partial charge < -0.3 is 29.8 Å². The summed E-state index contributed by atoms with van der Waals surface area (Å²) in [5, 5.41) is 21.7. The molecule has 0 radical (unpaired) electrons. The SMILES string of the molecule is COc1ccccc1-c1[nH]c(C(=O)NC2(CO)CCOCC2)[n+]2ccccc12.O=C([O-])C(F)(F)F. The number of amides is 1. The van der Waals surface area contributed by atoms with Crippen molar-refractivity contribution in [1.29, 1.82) is 0 Å². The van der Waals surface area contributed by atoms with Crippen LogP contribution in [0.15, 0.2) is 48.7 Å². The molecule has 3 aromatic rings. The Bertz CT molecular complexity index is 1190. The summed E-state index contributed by atoms with van der Waals surface area (Å²) in [6.45, 7) is 0.919. The van der Waals surface area contributed by atoms with Gasteiger partial charge >= 0.3 is 17.9 Å². The minimum atomic E-state index is -5.19. The highest BCUT2D eigenvalue weighted by Gasteiger charge is 2.37. The fraction of sp³-hybridized carbons (Fsp3) is 0.348. The number of aromatic nitrogens is 2. The number of rotatable bonds is 5. The number of ether oxygens (including phenoxy) is 2. The number of hydrogen-bond acceptors (Lipinski definition) is 6. The van der Waals surface area contributed by atoms with E-state index in [2.05, 4.69) is 10.3 Å². The second-order valence-corrected chi connectivity index (χ2v) is 7.79. The highest BCUT2D eigenvalue weighted by Crippen LogP contribution is 2.31. The van der Waals surface area contributed by atoms with Gasteiger partial charge in [-0.1, -0.05) is 18.2 Å². The first-order valence-corrected chi connectivity index (χ1v) is 10.6. The molecule has 3 N–H and O–H groups in total. The Balaban J connectivity index is 0.000000429. The van der Waals surface area contributed by atoms with E-state index in [-0.39, 0.29) is 12.5 Å². The molecule has 35 heavy (non-hydrogen) atoms. The van der Waals surface area contributed by atoms with E-state index in [0.717, 1.165) is 22.5 Å². The molecule has 0 aliphatic carbocycles. The van der Waals surface area contributed by atoms with Crippen LogP contribution in [0.25, 0.3) is 16.8 Å². The molecule has 0 unspecified atom stereocenters. The number of methoxy groups -OCH3 is 1. The highest BCUT2D eigenvalue weighted by molar-refractivity contribution is 5.92. The van der Waals surface area contributed by atoms with E-state index < -0.39 is 17.7 Å². The van der Waals surface area contributed by atoms with Crippen molar-refractivity contribution in [3.63, 3.8) is 0 Å². The Morgan fingerprint density at radius 3 is 2.43 bits per heavy atom. The molecule has 1 aliphatic heterocycles. The number of hydrogen-bond donors (Lipinski definition) is 3. The van der Waals surface area contributed by atoms with Crippen LogP contribution >= 0.6 is 0 Å². The number of carbonyl (C=O) groups is 2. The number of nitrogens with one attached hydrogen (secondary N) is 2. The molecule has 2 aromatic heterocycles. The average Bonchev–Trinajstić information content (AvgIpc) is 3.24. The number of alkyl halides is 3. The molecule has 1 aromatic carbocycles. The van der Waals surface area contributed by atoms with E-state index in [1.165, 1.54) is 0 Å². The van der Waals surface area contributed by atoms with Crippen molar-refractivity contribution in [3.8, 4) is 17.0 Å². The second kappa shape index (κ2) is 10.7. The molecule has 188 valence electrons. The summed E-state index contributed by atoms with van der Waals surface area (Å²) >= 11 is 0. The Hall–Kier alpha value is -3.64. The van der Waals surface area contributed by atoms with E-state index in [0.29, 0.717) is 31.9 Å². The van der Waals surface area contributed by atoms with Gasteiger partial charge in [0.1, 0.15) is 11.7 Å². The number of imidazole rings is 1. The number of pyridine rings is 1. The minimum absolute atomic E-state index is 0.120. The number of carbonyl (C=O) groups excluding carboxylic acids is 2. The molecule has 1 aliphatic rings. The van der Waals surface area contributed by atoms with Crippen LogP contribution in [0.1, 0.15) is 23.5 Å². The number of aliphatic hydroxyl groups excluding tert-OH is 1. The molecular weight excluding hydrogens is 471 g/mol. The van der Waals surface area contributed by atoms with Gasteiger partial charge in [0.15, 0.2) is 11.2 Å². The number of aliphatic hydroxyl groups is 1. The van der Waals surface area contributed by atoms with Crippen LogP contribution < -0.4 is 19.6 Å². The molecule has 9 nitrogen and oxygen atoms in total.